The molecule has 3 aliphatic rings. The molecular formula is C26H31FN6O4. The number of nitrogens with zero attached hydrogens (tertiary/aromatic N) is 5. The summed E-state index contributed by atoms with van der Waals surface area (Å²) in [6.45, 7) is 9.00. The average Bonchev–Trinajstić information content (AvgIpc) is 3.12. The summed E-state index contributed by atoms with van der Waals surface area (Å²) in [6, 6.07) is 2.84. The summed E-state index contributed by atoms with van der Waals surface area (Å²) in [7, 11) is 1.65. The Hall–Kier alpha value is -3.73. The minimum atomic E-state index is -0.772. The first kappa shape index (κ1) is 24.9. The zero-order valence-corrected chi connectivity index (χ0v) is 21.2. The molecule has 2 N–H and O–H groups in total. The van der Waals surface area contributed by atoms with Gasteiger partial charge in [-0.2, -0.15) is 0 Å². The van der Waals surface area contributed by atoms with E-state index >= 15 is 4.39 Å². The Labute approximate surface area is 214 Å². The van der Waals surface area contributed by atoms with Crippen LogP contribution in [0.5, 0.6) is 5.75 Å². The molecule has 11 heteroatoms. The van der Waals surface area contributed by atoms with E-state index in [4.69, 9.17) is 20.2 Å². The van der Waals surface area contributed by atoms with Crippen LogP contribution in [-0.2, 0) is 9.53 Å². The highest BCUT2D eigenvalue weighted by atomic mass is 19.1. The Morgan fingerprint density at radius 3 is 2.81 bits per heavy atom. The van der Waals surface area contributed by atoms with Gasteiger partial charge in [0.15, 0.2) is 11.6 Å². The Morgan fingerprint density at radius 2 is 2.14 bits per heavy atom. The highest BCUT2D eigenvalue weighted by Crippen LogP contribution is 2.44. The molecule has 0 aliphatic carbocycles. The van der Waals surface area contributed by atoms with Gasteiger partial charge in [0.25, 0.3) is 5.91 Å². The molecule has 0 spiro atoms. The van der Waals surface area contributed by atoms with Crippen molar-refractivity contribution in [3.8, 4) is 17.0 Å². The third-order valence-electron chi connectivity index (χ3n) is 7.47. The quantitative estimate of drug-likeness (QED) is 0.622. The standard InChI is InChI=1S/C26H31FN6O4/c1-5-18(34)31-9-10-32-15(12-31)14-37-22-19(25(32)35)24(33-13-16(36-4)11-26(33,2)3)30-21(20(22)27)17-7-6-8-29-23(17)28/h5-8,15-16H,1,9-14H2,2-4H3,(H2,28,29)/t15-,16?/m1/s1. The molecule has 196 valence electrons. The van der Waals surface area contributed by atoms with Gasteiger partial charge in [0.2, 0.25) is 5.91 Å². The number of nitrogens with two attached hydrogens (primary N) is 1. The third kappa shape index (κ3) is 4.16. The summed E-state index contributed by atoms with van der Waals surface area (Å²) in [5.74, 6) is -1.11. The van der Waals surface area contributed by atoms with Crippen LogP contribution < -0.4 is 15.4 Å². The minimum Gasteiger partial charge on any atom is -0.487 e. The van der Waals surface area contributed by atoms with E-state index in [-0.39, 0.29) is 60.4 Å². The molecule has 2 amide bonds. The van der Waals surface area contributed by atoms with Gasteiger partial charge in [0, 0.05) is 50.6 Å². The second-order valence-corrected chi connectivity index (χ2v) is 10.2. The Bertz CT molecular complexity index is 1270. The van der Waals surface area contributed by atoms with Crippen LogP contribution in [0.15, 0.2) is 31.0 Å². The van der Waals surface area contributed by atoms with Crippen molar-refractivity contribution in [2.75, 3.05) is 50.5 Å². The number of hydrogen-bond acceptors (Lipinski definition) is 8. The van der Waals surface area contributed by atoms with Crippen LogP contribution in [0.3, 0.4) is 0 Å². The summed E-state index contributed by atoms with van der Waals surface area (Å²) in [6.07, 6.45) is 3.37. The molecule has 5 heterocycles. The highest BCUT2D eigenvalue weighted by molar-refractivity contribution is 6.03. The predicted molar refractivity (Wildman–Crippen MR) is 136 cm³/mol. The molecule has 0 aromatic carbocycles. The summed E-state index contributed by atoms with van der Waals surface area (Å²) >= 11 is 0. The predicted octanol–water partition coefficient (Wildman–Crippen LogP) is 2.10. The lowest BCUT2D eigenvalue weighted by atomic mass is 10.00. The summed E-state index contributed by atoms with van der Waals surface area (Å²) in [4.78, 5) is 40.3. The molecule has 37 heavy (non-hydrogen) atoms. The van der Waals surface area contributed by atoms with E-state index in [1.54, 1.807) is 29.0 Å². The molecule has 0 saturated carbocycles. The van der Waals surface area contributed by atoms with Crippen LogP contribution in [0.1, 0.15) is 30.6 Å². The van der Waals surface area contributed by atoms with Crippen molar-refractivity contribution in [3.05, 3.63) is 42.4 Å². The van der Waals surface area contributed by atoms with Crippen molar-refractivity contribution >= 4 is 23.5 Å². The van der Waals surface area contributed by atoms with E-state index in [9.17, 15) is 9.59 Å². The van der Waals surface area contributed by atoms with Gasteiger partial charge in [-0.15, -0.1) is 0 Å². The number of ether oxygens (including phenoxy) is 2. The molecule has 3 aliphatic heterocycles. The lowest BCUT2D eigenvalue weighted by molar-refractivity contribution is -0.128. The highest BCUT2D eigenvalue weighted by Gasteiger charge is 2.45. The largest absolute Gasteiger partial charge is 0.487 e. The number of carbonyl (C=O) groups is 2. The lowest BCUT2D eigenvalue weighted by Gasteiger charge is -2.40. The fourth-order valence-electron chi connectivity index (χ4n) is 5.48. The van der Waals surface area contributed by atoms with E-state index in [0.717, 1.165) is 0 Å². The minimum absolute atomic E-state index is 0.0199. The summed E-state index contributed by atoms with van der Waals surface area (Å²) in [5.41, 5.74) is 6.01. The second kappa shape index (κ2) is 9.29. The van der Waals surface area contributed by atoms with Gasteiger partial charge in [-0.05, 0) is 38.5 Å². The van der Waals surface area contributed by atoms with Gasteiger partial charge in [-0.3, -0.25) is 9.59 Å². The number of piperazine rings is 1. The maximum Gasteiger partial charge on any atom is 0.262 e. The fourth-order valence-corrected chi connectivity index (χ4v) is 5.48. The zero-order chi connectivity index (χ0) is 26.5. The molecule has 0 radical (unpaired) electrons. The zero-order valence-electron chi connectivity index (χ0n) is 21.2. The Kier molecular flexibility index (Phi) is 6.26. The molecule has 2 atom stereocenters. The summed E-state index contributed by atoms with van der Waals surface area (Å²) < 4.78 is 27.8. The van der Waals surface area contributed by atoms with Gasteiger partial charge in [0.05, 0.1) is 12.1 Å². The van der Waals surface area contributed by atoms with E-state index in [2.05, 4.69) is 11.6 Å². The smallest absolute Gasteiger partial charge is 0.262 e. The number of fused-ring (bicyclic) bond motifs is 2. The van der Waals surface area contributed by atoms with Gasteiger partial charge in [-0.25, -0.2) is 14.4 Å². The maximum atomic E-state index is 16.2. The van der Waals surface area contributed by atoms with Crippen LogP contribution in [0, 0.1) is 5.82 Å². The van der Waals surface area contributed by atoms with Crippen LogP contribution in [0.4, 0.5) is 16.0 Å². The van der Waals surface area contributed by atoms with Crippen LogP contribution in [0.2, 0.25) is 0 Å². The molecule has 10 nitrogen and oxygen atoms in total. The molecule has 5 rings (SSSR count). The molecule has 2 fully saturated rings. The van der Waals surface area contributed by atoms with Gasteiger partial charge >= 0.3 is 0 Å². The van der Waals surface area contributed by atoms with E-state index in [1.165, 1.54) is 12.3 Å². The van der Waals surface area contributed by atoms with Gasteiger partial charge in [-0.1, -0.05) is 6.58 Å². The summed E-state index contributed by atoms with van der Waals surface area (Å²) in [5, 5.41) is 0. The normalized spacial score (nSPS) is 22.7. The van der Waals surface area contributed by atoms with Crippen molar-refractivity contribution in [1.29, 1.82) is 0 Å². The topological polar surface area (TPSA) is 114 Å². The van der Waals surface area contributed by atoms with Crippen molar-refractivity contribution in [2.45, 2.75) is 38.0 Å². The number of rotatable bonds is 4. The molecule has 1 unspecified atom stereocenters. The van der Waals surface area contributed by atoms with E-state index in [0.29, 0.717) is 30.9 Å². The second-order valence-electron chi connectivity index (χ2n) is 10.2. The monoisotopic (exact) mass is 510 g/mol. The van der Waals surface area contributed by atoms with Crippen molar-refractivity contribution < 1.29 is 23.5 Å². The number of nitrogen functional groups attached to an aromatic ring is 1. The van der Waals surface area contributed by atoms with Crippen LogP contribution in [-0.4, -0.2) is 89.2 Å². The number of aromatic nitrogens is 2. The number of hydrogen-bond donors (Lipinski definition) is 1. The van der Waals surface area contributed by atoms with E-state index < -0.39 is 17.4 Å². The molecular weight excluding hydrogens is 479 g/mol. The first-order chi connectivity index (χ1) is 17.7. The number of amides is 2. The number of carbonyl (C=O) groups excluding carboxylic acids is 2. The van der Waals surface area contributed by atoms with Gasteiger partial charge < -0.3 is 29.9 Å². The molecule has 2 aromatic heterocycles. The number of methoxy groups -OCH3 is 1. The number of pyridine rings is 2. The van der Waals surface area contributed by atoms with Crippen molar-refractivity contribution in [2.24, 2.45) is 0 Å². The average molecular weight is 511 g/mol. The third-order valence-corrected chi connectivity index (χ3v) is 7.47. The van der Waals surface area contributed by atoms with Crippen LogP contribution in [0.25, 0.3) is 11.3 Å². The van der Waals surface area contributed by atoms with Gasteiger partial charge in [0.1, 0.15) is 29.5 Å². The Balaban J connectivity index is 1.67. The SMILES string of the molecule is C=CC(=O)N1CCN2C(=O)c3c(N4CC(OC)CC4(C)C)nc(-c4cccnc4N)c(F)c3OC[C@H]2C1. The van der Waals surface area contributed by atoms with E-state index in [1.807, 2.05) is 18.7 Å². The lowest BCUT2D eigenvalue weighted by Crippen LogP contribution is -2.57. The Morgan fingerprint density at radius 1 is 1.35 bits per heavy atom. The van der Waals surface area contributed by atoms with Crippen LogP contribution >= 0.6 is 0 Å². The fraction of sp³-hybridized carbons (Fsp3) is 0.462. The molecule has 2 saturated heterocycles. The van der Waals surface area contributed by atoms with Crippen molar-refractivity contribution in [3.63, 3.8) is 0 Å². The first-order valence-electron chi connectivity index (χ1n) is 12.3. The number of anilines is 2. The number of halogens is 1. The molecule has 2 aromatic rings. The van der Waals surface area contributed by atoms with Crippen molar-refractivity contribution in [1.82, 2.24) is 19.8 Å². The molecule has 0 bridgehead atoms. The maximum absolute atomic E-state index is 16.2. The first-order valence-corrected chi connectivity index (χ1v) is 12.3.